The number of anilines is 2. The zero-order valence-corrected chi connectivity index (χ0v) is 17.6. The number of nitrogens with zero attached hydrogens (tertiary/aromatic N) is 2. The number of piperidine rings is 1. The molecule has 1 saturated heterocycles. The smallest absolute Gasteiger partial charge is 0.490 e. The molecule has 6 N–H and O–H groups in total. The number of aromatic hydroxyl groups is 1. The van der Waals surface area contributed by atoms with Crippen molar-refractivity contribution in [2.45, 2.75) is 25.1 Å². The molecular weight excluding hydrogens is 460 g/mol. The fourth-order valence-electron chi connectivity index (χ4n) is 3.18. The van der Waals surface area contributed by atoms with Crippen LogP contribution >= 0.6 is 23.2 Å². The molecule has 1 aromatic carbocycles. The topological polar surface area (TPSA) is 126 Å². The van der Waals surface area contributed by atoms with Gasteiger partial charge < -0.3 is 26.6 Å². The molecule has 0 saturated carbocycles. The Labute approximate surface area is 186 Å². The largest absolute Gasteiger partial charge is 0.508 e. The lowest BCUT2D eigenvalue weighted by atomic mass is 9.85. The van der Waals surface area contributed by atoms with E-state index in [1.54, 1.807) is 12.1 Å². The summed E-state index contributed by atoms with van der Waals surface area (Å²) in [6.07, 6.45) is -3.28. The van der Waals surface area contributed by atoms with Gasteiger partial charge in [0.2, 0.25) is 0 Å². The average Bonchev–Trinajstić information content (AvgIpc) is 2.70. The second-order valence-corrected chi connectivity index (χ2v) is 7.71. The Balaban J connectivity index is 0.000000423. The van der Waals surface area contributed by atoms with Crippen molar-refractivity contribution in [3.8, 4) is 5.75 Å². The van der Waals surface area contributed by atoms with Crippen LogP contribution in [-0.4, -0.2) is 40.4 Å². The zero-order chi connectivity index (χ0) is 23.3. The second kappa shape index (κ2) is 10.3. The van der Waals surface area contributed by atoms with Crippen molar-refractivity contribution < 1.29 is 28.2 Å². The monoisotopic (exact) mass is 480 g/mol. The van der Waals surface area contributed by atoms with E-state index in [0.717, 1.165) is 31.7 Å². The maximum Gasteiger partial charge on any atom is 0.490 e. The number of nitrogen functional groups attached to an aromatic ring is 1. The van der Waals surface area contributed by atoms with Crippen LogP contribution < -0.4 is 16.4 Å². The van der Waals surface area contributed by atoms with E-state index < -0.39 is 12.1 Å². The standard InChI is InChI=1S/C17H20Cl2N4O.C2HF3O2/c18-12-8-11(14(24)9-13(12)19)17(21)10-4-6-23(7-5-10)16-3-1-2-15(20)22-16;3-2(4,5)1(6)7/h1-3,8-10,17,24H,4-7,21H2,(H2,20,22);(H,6,7)/t17-;/m1./s1. The maximum absolute atomic E-state index is 10.6. The van der Waals surface area contributed by atoms with Gasteiger partial charge in [0.1, 0.15) is 17.4 Å². The molecule has 1 aromatic heterocycles. The highest BCUT2D eigenvalue weighted by Gasteiger charge is 2.38. The molecule has 1 aliphatic rings. The summed E-state index contributed by atoms with van der Waals surface area (Å²) in [5.74, 6) is -0.999. The molecule has 1 atom stereocenters. The predicted octanol–water partition coefficient (Wildman–Crippen LogP) is 4.23. The van der Waals surface area contributed by atoms with Crippen LogP contribution in [0.5, 0.6) is 5.75 Å². The highest BCUT2D eigenvalue weighted by Crippen LogP contribution is 2.38. The van der Waals surface area contributed by atoms with Gasteiger partial charge in [-0.1, -0.05) is 29.3 Å². The minimum Gasteiger partial charge on any atom is -0.508 e. The first-order chi connectivity index (χ1) is 14.4. The highest BCUT2D eigenvalue weighted by molar-refractivity contribution is 6.42. The van der Waals surface area contributed by atoms with Gasteiger partial charge in [0, 0.05) is 30.8 Å². The van der Waals surface area contributed by atoms with Gasteiger partial charge in [-0.05, 0) is 37.0 Å². The summed E-state index contributed by atoms with van der Waals surface area (Å²) in [5, 5.41) is 18.0. The molecular formula is C19H21Cl2F3N4O3. The Morgan fingerprint density at radius 3 is 2.26 bits per heavy atom. The van der Waals surface area contributed by atoms with E-state index in [1.165, 1.54) is 6.07 Å². The van der Waals surface area contributed by atoms with E-state index in [0.29, 0.717) is 21.4 Å². The number of aromatic nitrogens is 1. The van der Waals surface area contributed by atoms with E-state index in [-0.39, 0.29) is 17.7 Å². The quantitative estimate of drug-likeness (QED) is 0.517. The van der Waals surface area contributed by atoms with Crippen LogP contribution in [-0.2, 0) is 4.79 Å². The summed E-state index contributed by atoms with van der Waals surface area (Å²) < 4.78 is 31.7. The first-order valence-corrected chi connectivity index (χ1v) is 9.86. The molecule has 12 heteroatoms. The molecule has 0 bridgehead atoms. The lowest BCUT2D eigenvalue weighted by molar-refractivity contribution is -0.192. The third-order valence-corrected chi connectivity index (χ3v) is 5.52. The van der Waals surface area contributed by atoms with E-state index in [4.69, 9.17) is 44.6 Å². The van der Waals surface area contributed by atoms with Crippen LogP contribution in [0.15, 0.2) is 30.3 Å². The zero-order valence-electron chi connectivity index (χ0n) is 16.1. The number of phenols is 1. The number of alkyl halides is 3. The number of carboxylic acid groups (broad SMARTS) is 1. The third-order valence-electron chi connectivity index (χ3n) is 4.80. The molecule has 170 valence electrons. The van der Waals surface area contributed by atoms with Crippen molar-refractivity contribution in [1.82, 2.24) is 4.98 Å². The number of aliphatic carboxylic acids is 1. The minimum absolute atomic E-state index is 0.0943. The van der Waals surface area contributed by atoms with Gasteiger partial charge in [-0.3, -0.25) is 0 Å². The first-order valence-electron chi connectivity index (χ1n) is 9.11. The molecule has 0 amide bonds. The molecule has 0 radical (unpaired) electrons. The Kier molecular flexibility index (Phi) is 8.21. The molecule has 1 aliphatic heterocycles. The van der Waals surface area contributed by atoms with Gasteiger partial charge in [-0.2, -0.15) is 13.2 Å². The summed E-state index contributed by atoms with van der Waals surface area (Å²) in [6.45, 7) is 1.69. The molecule has 3 rings (SSSR count). The predicted molar refractivity (Wildman–Crippen MR) is 112 cm³/mol. The summed E-state index contributed by atoms with van der Waals surface area (Å²) in [6, 6.07) is 8.47. The number of hydrogen-bond donors (Lipinski definition) is 4. The molecule has 1 fully saturated rings. The van der Waals surface area contributed by atoms with Crippen LogP contribution in [0.3, 0.4) is 0 Å². The maximum atomic E-state index is 10.6. The second-order valence-electron chi connectivity index (χ2n) is 6.90. The number of hydrogen-bond acceptors (Lipinski definition) is 6. The number of benzene rings is 1. The summed E-state index contributed by atoms with van der Waals surface area (Å²) >= 11 is 12.0. The number of halogens is 5. The van der Waals surface area contributed by atoms with Crippen molar-refractivity contribution in [3.63, 3.8) is 0 Å². The molecule has 0 aliphatic carbocycles. The van der Waals surface area contributed by atoms with Crippen LogP contribution in [0.1, 0.15) is 24.4 Å². The average molecular weight is 481 g/mol. The third kappa shape index (κ3) is 6.78. The van der Waals surface area contributed by atoms with Gasteiger partial charge in [0.15, 0.2) is 0 Å². The van der Waals surface area contributed by atoms with E-state index >= 15 is 0 Å². The first kappa shape index (κ1) is 24.8. The number of rotatable bonds is 3. The van der Waals surface area contributed by atoms with Crippen molar-refractivity contribution in [3.05, 3.63) is 45.9 Å². The van der Waals surface area contributed by atoms with Crippen LogP contribution in [0.2, 0.25) is 10.0 Å². The van der Waals surface area contributed by atoms with Crippen LogP contribution in [0, 0.1) is 5.92 Å². The van der Waals surface area contributed by atoms with Crippen LogP contribution in [0.4, 0.5) is 24.8 Å². The highest BCUT2D eigenvalue weighted by atomic mass is 35.5. The molecule has 7 nitrogen and oxygen atoms in total. The van der Waals surface area contributed by atoms with Crippen molar-refractivity contribution in [2.75, 3.05) is 23.7 Å². The molecule has 2 heterocycles. The van der Waals surface area contributed by atoms with Crippen LogP contribution in [0.25, 0.3) is 0 Å². The lowest BCUT2D eigenvalue weighted by Gasteiger charge is -2.35. The van der Waals surface area contributed by atoms with E-state index in [9.17, 15) is 18.3 Å². The van der Waals surface area contributed by atoms with Crippen molar-refractivity contribution >= 4 is 40.8 Å². The van der Waals surface area contributed by atoms with Gasteiger partial charge in [-0.15, -0.1) is 0 Å². The number of carbonyl (C=O) groups is 1. The Morgan fingerprint density at radius 2 is 1.74 bits per heavy atom. The van der Waals surface area contributed by atoms with Gasteiger partial charge in [-0.25, -0.2) is 9.78 Å². The fourth-order valence-corrected chi connectivity index (χ4v) is 3.51. The van der Waals surface area contributed by atoms with Crippen molar-refractivity contribution in [2.24, 2.45) is 11.7 Å². The van der Waals surface area contributed by atoms with Gasteiger partial charge in [0.25, 0.3) is 0 Å². The number of pyridine rings is 1. The van der Waals surface area contributed by atoms with Gasteiger partial charge in [0.05, 0.1) is 10.0 Å². The Bertz CT molecular complexity index is 923. The normalized spacial score (nSPS) is 15.7. The van der Waals surface area contributed by atoms with Crippen molar-refractivity contribution in [1.29, 1.82) is 0 Å². The van der Waals surface area contributed by atoms with E-state index in [2.05, 4.69) is 9.88 Å². The number of carboxylic acids is 1. The molecule has 0 unspecified atom stereocenters. The summed E-state index contributed by atoms with van der Waals surface area (Å²) in [4.78, 5) is 15.5. The molecule has 0 spiro atoms. The Hall–Kier alpha value is -2.43. The summed E-state index contributed by atoms with van der Waals surface area (Å²) in [5.41, 5.74) is 12.8. The SMILES string of the molecule is Nc1cccc(N2CCC([C@@H](N)c3cc(Cl)c(Cl)cc3O)CC2)n1.O=C(O)C(F)(F)F. The molecule has 31 heavy (non-hydrogen) atoms. The minimum atomic E-state index is -5.08. The van der Waals surface area contributed by atoms with Gasteiger partial charge >= 0.3 is 12.1 Å². The molecule has 2 aromatic rings. The lowest BCUT2D eigenvalue weighted by Crippen LogP contribution is -2.38. The fraction of sp³-hybridized carbons (Fsp3) is 0.368. The number of phenolic OH excluding ortho intramolecular Hbond substituents is 1. The van der Waals surface area contributed by atoms with E-state index in [1.807, 2.05) is 12.1 Å². The number of nitrogens with two attached hydrogens (primary N) is 2. The summed E-state index contributed by atoms with van der Waals surface area (Å²) in [7, 11) is 0. The Morgan fingerprint density at radius 1 is 1.19 bits per heavy atom.